The first-order valence-electron chi connectivity index (χ1n) is 16.0. The van der Waals surface area contributed by atoms with Crippen LogP contribution in [0.25, 0.3) is 0 Å². The van der Waals surface area contributed by atoms with Gasteiger partial charge in [0.25, 0.3) is 5.82 Å². The van der Waals surface area contributed by atoms with E-state index < -0.39 is 0 Å². The Hall–Kier alpha value is -1.57. The van der Waals surface area contributed by atoms with Gasteiger partial charge in [-0.05, 0) is 24.8 Å². The molecule has 0 radical (unpaired) electrons. The van der Waals surface area contributed by atoms with Gasteiger partial charge in [0.05, 0.1) is 6.54 Å². The van der Waals surface area contributed by atoms with E-state index in [0.717, 1.165) is 6.54 Å². The molecular weight excluding hydrogens is 436 g/mol. The van der Waals surface area contributed by atoms with Crippen molar-refractivity contribution in [3.8, 4) is 0 Å². The van der Waals surface area contributed by atoms with Crippen LogP contribution in [0.2, 0.25) is 0 Å². The van der Waals surface area contributed by atoms with Gasteiger partial charge >= 0.3 is 0 Å². The van der Waals surface area contributed by atoms with Crippen LogP contribution in [0.1, 0.15) is 154 Å². The van der Waals surface area contributed by atoms with Crippen molar-refractivity contribution >= 4 is 0 Å². The van der Waals surface area contributed by atoms with Crippen LogP contribution in [-0.4, -0.2) is 4.57 Å². The zero-order valence-electron chi connectivity index (χ0n) is 24.2. The van der Waals surface area contributed by atoms with Gasteiger partial charge in [-0.25, -0.2) is 9.13 Å². The summed E-state index contributed by atoms with van der Waals surface area (Å²) in [7, 11) is 0. The number of aryl methyl sites for hydroxylation is 1. The number of aromatic nitrogens is 2. The third-order valence-electron chi connectivity index (χ3n) is 7.79. The molecule has 0 aliphatic heterocycles. The standard InChI is InChI=1S/C34H59N2/c1-3-5-7-9-11-13-15-17-19-24-28-34-35(29-25-20-18-16-14-12-10-8-6-4-2)30-31-36(34)32-33-26-22-21-23-27-33/h21-23,26-27,30-31H,3-20,24-25,28-29,32H2,1-2H3/q+1. The minimum absolute atomic E-state index is 0.999. The van der Waals surface area contributed by atoms with E-state index in [1.807, 2.05) is 0 Å². The molecule has 0 aliphatic carbocycles. The predicted octanol–water partition coefficient (Wildman–Crippen LogP) is 10.2. The Morgan fingerprint density at radius 2 is 1.03 bits per heavy atom. The Balaban J connectivity index is 1.71. The molecule has 0 saturated carbocycles. The molecule has 2 rings (SSSR count). The van der Waals surface area contributed by atoms with Gasteiger partial charge in [0, 0.05) is 6.42 Å². The van der Waals surface area contributed by atoms with Crippen molar-refractivity contribution in [3.05, 3.63) is 54.1 Å². The van der Waals surface area contributed by atoms with E-state index in [9.17, 15) is 0 Å². The lowest BCUT2D eigenvalue weighted by Crippen LogP contribution is -2.37. The number of hydrogen-bond donors (Lipinski definition) is 0. The lowest BCUT2D eigenvalue weighted by atomic mass is 10.1. The monoisotopic (exact) mass is 495 g/mol. The lowest BCUT2D eigenvalue weighted by molar-refractivity contribution is -0.704. The lowest BCUT2D eigenvalue weighted by Gasteiger charge is -2.07. The number of unbranched alkanes of at least 4 members (excludes halogenated alkanes) is 18. The van der Waals surface area contributed by atoms with Crippen LogP contribution in [0.3, 0.4) is 0 Å². The SMILES string of the molecule is CCCCCCCCCCCCc1n(Cc2ccccc2)cc[n+]1CCCCCCCCCCCC. The first-order chi connectivity index (χ1) is 17.8. The molecule has 204 valence electrons. The van der Waals surface area contributed by atoms with Crippen molar-refractivity contribution in [2.24, 2.45) is 0 Å². The molecule has 0 saturated heterocycles. The quantitative estimate of drug-likeness (QED) is 0.101. The molecule has 1 aromatic carbocycles. The molecule has 0 spiro atoms. The maximum absolute atomic E-state index is 2.57. The van der Waals surface area contributed by atoms with Crippen molar-refractivity contribution in [1.82, 2.24) is 4.57 Å². The molecule has 0 N–H and O–H groups in total. The fourth-order valence-electron chi connectivity index (χ4n) is 5.45. The number of nitrogens with zero attached hydrogens (tertiary/aromatic N) is 2. The van der Waals surface area contributed by atoms with Crippen LogP contribution >= 0.6 is 0 Å². The zero-order valence-corrected chi connectivity index (χ0v) is 24.2. The average molecular weight is 496 g/mol. The molecule has 0 unspecified atom stereocenters. The van der Waals surface area contributed by atoms with Gasteiger partial charge in [0.2, 0.25) is 0 Å². The largest absolute Gasteiger partial charge is 0.256 e. The highest BCUT2D eigenvalue weighted by atomic mass is 15.1. The molecule has 2 nitrogen and oxygen atoms in total. The van der Waals surface area contributed by atoms with E-state index in [1.165, 1.54) is 153 Å². The summed E-state index contributed by atoms with van der Waals surface area (Å²) >= 11 is 0. The fourth-order valence-corrected chi connectivity index (χ4v) is 5.45. The van der Waals surface area contributed by atoms with E-state index in [0.29, 0.717) is 0 Å². The molecule has 0 bridgehead atoms. The van der Waals surface area contributed by atoms with Crippen LogP contribution in [0, 0.1) is 0 Å². The van der Waals surface area contributed by atoms with Gasteiger partial charge in [-0.15, -0.1) is 0 Å². The van der Waals surface area contributed by atoms with Gasteiger partial charge < -0.3 is 0 Å². The molecule has 0 fully saturated rings. The van der Waals surface area contributed by atoms with Gasteiger partial charge in [-0.2, -0.15) is 0 Å². The van der Waals surface area contributed by atoms with Crippen molar-refractivity contribution in [2.45, 2.75) is 162 Å². The molecule has 2 aromatic rings. The number of rotatable bonds is 24. The molecule has 2 heteroatoms. The van der Waals surface area contributed by atoms with E-state index in [2.05, 4.69) is 65.7 Å². The Morgan fingerprint density at radius 3 is 1.56 bits per heavy atom. The third kappa shape index (κ3) is 14.2. The van der Waals surface area contributed by atoms with E-state index >= 15 is 0 Å². The topological polar surface area (TPSA) is 8.81 Å². The summed E-state index contributed by atoms with van der Waals surface area (Å²) in [5, 5.41) is 0. The fraction of sp³-hybridized carbons (Fsp3) is 0.735. The van der Waals surface area contributed by atoms with Gasteiger partial charge in [-0.1, -0.05) is 153 Å². The van der Waals surface area contributed by atoms with E-state index in [4.69, 9.17) is 0 Å². The first kappa shape index (κ1) is 30.7. The molecule has 0 atom stereocenters. The summed E-state index contributed by atoms with van der Waals surface area (Å²) < 4.78 is 5.08. The maximum atomic E-state index is 2.57. The average Bonchev–Trinajstić information content (AvgIpc) is 3.27. The van der Waals surface area contributed by atoms with Crippen LogP contribution in [0.4, 0.5) is 0 Å². The molecule has 1 heterocycles. The molecule has 1 aromatic heterocycles. The van der Waals surface area contributed by atoms with Crippen LogP contribution in [-0.2, 0) is 19.5 Å². The Bertz CT molecular complexity index is 733. The van der Waals surface area contributed by atoms with Gasteiger partial charge in [0.1, 0.15) is 18.9 Å². The second-order valence-electron chi connectivity index (χ2n) is 11.1. The minimum Gasteiger partial charge on any atom is -0.234 e. The smallest absolute Gasteiger partial charge is 0.234 e. The van der Waals surface area contributed by atoms with Crippen LogP contribution < -0.4 is 4.57 Å². The second kappa shape index (κ2) is 21.5. The zero-order chi connectivity index (χ0) is 25.5. The maximum Gasteiger partial charge on any atom is 0.256 e. The Morgan fingerprint density at radius 1 is 0.556 bits per heavy atom. The summed E-state index contributed by atoms with van der Waals surface area (Å²) in [4.78, 5) is 0. The Kier molecular flexibility index (Phi) is 18.3. The van der Waals surface area contributed by atoms with E-state index in [1.54, 1.807) is 0 Å². The highest BCUT2D eigenvalue weighted by molar-refractivity contribution is 5.15. The number of benzene rings is 1. The Labute approximate surface area is 224 Å². The second-order valence-corrected chi connectivity index (χ2v) is 11.1. The number of imidazole rings is 1. The first-order valence-corrected chi connectivity index (χ1v) is 16.0. The highest BCUT2D eigenvalue weighted by Crippen LogP contribution is 2.14. The summed E-state index contributed by atoms with van der Waals surface area (Å²) in [5.41, 5.74) is 1.41. The summed E-state index contributed by atoms with van der Waals surface area (Å²) in [6.45, 7) is 6.79. The molecule has 36 heavy (non-hydrogen) atoms. The van der Waals surface area contributed by atoms with E-state index in [-0.39, 0.29) is 0 Å². The normalized spacial score (nSPS) is 11.4. The molecule has 0 aliphatic rings. The number of hydrogen-bond acceptors (Lipinski definition) is 0. The van der Waals surface area contributed by atoms with Crippen LogP contribution in [0.5, 0.6) is 0 Å². The third-order valence-corrected chi connectivity index (χ3v) is 7.79. The van der Waals surface area contributed by atoms with Crippen molar-refractivity contribution in [3.63, 3.8) is 0 Å². The summed E-state index contributed by atoms with van der Waals surface area (Å²) in [5.74, 6) is 1.54. The summed E-state index contributed by atoms with van der Waals surface area (Å²) in [6.07, 6.45) is 34.0. The predicted molar refractivity (Wildman–Crippen MR) is 158 cm³/mol. The van der Waals surface area contributed by atoms with Gasteiger partial charge in [0.15, 0.2) is 0 Å². The minimum atomic E-state index is 0.999. The highest BCUT2D eigenvalue weighted by Gasteiger charge is 2.17. The van der Waals surface area contributed by atoms with Crippen molar-refractivity contribution in [2.75, 3.05) is 0 Å². The summed E-state index contributed by atoms with van der Waals surface area (Å²) in [6, 6.07) is 11.0. The van der Waals surface area contributed by atoms with Crippen molar-refractivity contribution in [1.29, 1.82) is 0 Å². The molecule has 0 amide bonds. The van der Waals surface area contributed by atoms with Crippen molar-refractivity contribution < 1.29 is 4.57 Å². The van der Waals surface area contributed by atoms with Crippen LogP contribution in [0.15, 0.2) is 42.7 Å². The molecular formula is C34H59N2+. The van der Waals surface area contributed by atoms with Gasteiger partial charge in [-0.3, -0.25) is 0 Å².